The van der Waals surface area contributed by atoms with Gasteiger partial charge in [0.2, 0.25) is 10.0 Å². The molecule has 2 N–H and O–H groups in total. The summed E-state index contributed by atoms with van der Waals surface area (Å²) >= 11 is 0. The van der Waals surface area contributed by atoms with Gasteiger partial charge < -0.3 is 9.88 Å². The molecule has 114 valence electrons. The molecule has 1 unspecified atom stereocenters. The molecule has 1 heterocycles. The van der Waals surface area contributed by atoms with Crippen LogP contribution in [0.2, 0.25) is 0 Å². The Kier molecular flexibility index (Phi) is 4.27. The molecule has 5 nitrogen and oxygen atoms in total. The molecule has 0 aliphatic heterocycles. The molecule has 0 spiro atoms. The SMILES string of the molecule is CCCn1cc(S(=O)(=O)NC2CC2(C)C)cc1CNC. The van der Waals surface area contributed by atoms with Crippen LogP contribution in [0.1, 0.15) is 39.3 Å². The quantitative estimate of drug-likeness (QED) is 0.805. The van der Waals surface area contributed by atoms with Crippen molar-refractivity contribution in [3.8, 4) is 0 Å². The zero-order chi connectivity index (χ0) is 15.0. The summed E-state index contributed by atoms with van der Waals surface area (Å²) in [5.41, 5.74) is 1.09. The van der Waals surface area contributed by atoms with Crippen LogP contribution in [0.5, 0.6) is 0 Å². The van der Waals surface area contributed by atoms with E-state index >= 15 is 0 Å². The third-order valence-corrected chi connectivity index (χ3v) is 5.34. The average Bonchev–Trinajstić information content (AvgIpc) is 2.74. The Hall–Kier alpha value is -0.850. The molecule has 1 atom stereocenters. The summed E-state index contributed by atoms with van der Waals surface area (Å²) in [6.45, 7) is 7.75. The highest BCUT2D eigenvalue weighted by molar-refractivity contribution is 7.89. The van der Waals surface area contributed by atoms with Crippen molar-refractivity contribution in [1.29, 1.82) is 0 Å². The zero-order valence-corrected chi connectivity index (χ0v) is 13.5. The summed E-state index contributed by atoms with van der Waals surface area (Å²) in [7, 11) is -1.54. The minimum absolute atomic E-state index is 0.0646. The number of sulfonamides is 1. The molecule has 0 radical (unpaired) electrons. The van der Waals surface area contributed by atoms with Crippen LogP contribution in [0.3, 0.4) is 0 Å². The van der Waals surface area contributed by atoms with Gasteiger partial charge in [-0.15, -0.1) is 0 Å². The van der Waals surface area contributed by atoms with Crippen molar-refractivity contribution < 1.29 is 8.42 Å². The topological polar surface area (TPSA) is 63.1 Å². The van der Waals surface area contributed by atoms with E-state index in [9.17, 15) is 8.42 Å². The van der Waals surface area contributed by atoms with Crippen LogP contribution in [0.25, 0.3) is 0 Å². The van der Waals surface area contributed by atoms with Gasteiger partial charge in [0.25, 0.3) is 0 Å². The predicted octanol–water partition coefficient (Wildman–Crippen LogP) is 1.69. The van der Waals surface area contributed by atoms with Gasteiger partial charge in [-0.25, -0.2) is 13.1 Å². The zero-order valence-electron chi connectivity index (χ0n) is 12.7. The maximum Gasteiger partial charge on any atom is 0.242 e. The van der Waals surface area contributed by atoms with E-state index in [-0.39, 0.29) is 11.5 Å². The molecule has 0 aromatic carbocycles. The van der Waals surface area contributed by atoms with Crippen molar-refractivity contribution in [2.24, 2.45) is 5.41 Å². The van der Waals surface area contributed by atoms with E-state index in [1.54, 1.807) is 12.3 Å². The first-order chi connectivity index (χ1) is 9.30. The Labute approximate surface area is 121 Å². The second-order valence-corrected chi connectivity index (χ2v) is 7.97. The summed E-state index contributed by atoms with van der Waals surface area (Å²) in [5, 5.41) is 3.08. The van der Waals surface area contributed by atoms with E-state index in [0.29, 0.717) is 11.4 Å². The molecule has 1 aromatic heterocycles. The van der Waals surface area contributed by atoms with Crippen LogP contribution in [-0.2, 0) is 23.1 Å². The molecular formula is C14H25N3O2S. The highest BCUT2D eigenvalue weighted by atomic mass is 32.2. The molecule has 0 saturated heterocycles. The van der Waals surface area contributed by atoms with Gasteiger partial charge in [0.15, 0.2) is 0 Å². The van der Waals surface area contributed by atoms with Crippen molar-refractivity contribution in [3.05, 3.63) is 18.0 Å². The van der Waals surface area contributed by atoms with E-state index in [1.807, 2.05) is 11.6 Å². The fraction of sp³-hybridized carbons (Fsp3) is 0.714. The molecule has 1 aliphatic rings. The number of rotatable bonds is 7. The number of hydrogen-bond acceptors (Lipinski definition) is 3. The molecule has 0 bridgehead atoms. The number of nitrogens with zero attached hydrogens (tertiary/aromatic N) is 1. The normalized spacial score (nSPS) is 21.1. The van der Waals surface area contributed by atoms with Gasteiger partial charge in [-0.3, -0.25) is 0 Å². The lowest BCUT2D eigenvalue weighted by Gasteiger charge is -2.06. The summed E-state index contributed by atoms with van der Waals surface area (Å²) in [4.78, 5) is 0.374. The van der Waals surface area contributed by atoms with Gasteiger partial charge in [0, 0.05) is 31.0 Å². The van der Waals surface area contributed by atoms with Crippen molar-refractivity contribution in [2.75, 3.05) is 7.05 Å². The largest absolute Gasteiger partial charge is 0.349 e. The number of aryl methyl sites for hydroxylation is 1. The second-order valence-electron chi connectivity index (χ2n) is 6.26. The molecule has 1 fully saturated rings. The summed E-state index contributed by atoms with van der Waals surface area (Å²) in [6, 6.07) is 1.83. The Balaban J connectivity index is 2.20. The van der Waals surface area contributed by atoms with Crippen LogP contribution >= 0.6 is 0 Å². The monoisotopic (exact) mass is 299 g/mol. The fourth-order valence-corrected chi connectivity index (χ4v) is 3.84. The van der Waals surface area contributed by atoms with Crippen LogP contribution < -0.4 is 10.0 Å². The molecule has 1 aromatic rings. The van der Waals surface area contributed by atoms with Gasteiger partial charge in [0.1, 0.15) is 0 Å². The first-order valence-corrected chi connectivity index (χ1v) is 8.64. The minimum Gasteiger partial charge on any atom is -0.349 e. The fourth-order valence-electron chi connectivity index (χ4n) is 2.37. The molecule has 0 amide bonds. The van der Waals surface area contributed by atoms with E-state index in [2.05, 4.69) is 30.8 Å². The Bertz CT molecular complexity index is 552. The first kappa shape index (κ1) is 15.5. The van der Waals surface area contributed by atoms with E-state index in [0.717, 1.165) is 25.1 Å². The van der Waals surface area contributed by atoms with Gasteiger partial charge in [-0.05, 0) is 31.4 Å². The summed E-state index contributed by atoms with van der Waals surface area (Å²) in [5.74, 6) is 0. The van der Waals surface area contributed by atoms with Crippen LogP contribution in [0.15, 0.2) is 17.2 Å². The smallest absolute Gasteiger partial charge is 0.242 e. The van der Waals surface area contributed by atoms with Crippen molar-refractivity contribution in [1.82, 2.24) is 14.6 Å². The molecule has 6 heteroatoms. The molecular weight excluding hydrogens is 274 g/mol. The lowest BCUT2D eigenvalue weighted by Crippen LogP contribution is -2.28. The minimum atomic E-state index is -3.40. The Morgan fingerprint density at radius 1 is 1.45 bits per heavy atom. The van der Waals surface area contributed by atoms with Crippen molar-refractivity contribution in [2.45, 2.75) is 57.6 Å². The molecule has 1 aliphatic carbocycles. The molecule has 2 rings (SSSR count). The average molecular weight is 299 g/mol. The van der Waals surface area contributed by atoms with Gasteiger partial charge in [-0.2, -0.15) is 0 Å². The maximum absolute atomic E-state index is 12.4. The second kappa shape index (κ2) is 5.50. The lowest BCUT2D eigenvalue weighted by molar-refractivity contribution is 0.554. The first-order valence-electron chi connectivity index (χ1n) is 7.16. The van der Waals surface area contributed by atoms with Crippen LogP contribution in [0.4, 0.5) is 0 Å². The number of hydrogen-bond donors (Lipinski definition) is 2. The highest BCUT2D eigenvalue weighted by Crippen LogP contribution is 2.45. The van der Waals surface area contributed by atoms with Crippen LogP contribution in [-0.4, -0.2) is 26.1 Å². The molecule has 1 saturated carbocycles. The Morgan fingerprint density at radius 2 is 2.10 bits per heavy atom. The molecule has 20 heavy (non-hydrogen) atoms. The van der Waals surface area contributed by atoms with Crippen molar-refractivity contribution in [3.63, 3.8) is 0 Å². The van der Waals surface area contributed by atoms with Gasteiger partial charge in [0.05, 0.1) is 4.90 Å². The summed E-state index contributed by atoms with van der Waals surface area (Å²) < 4.78 is 29.6. The summed E-state index contributed by atoms with van der Waals surface area (Å²) in [6.07, 6.45) is 3.63. The number of nitrogens with one attached hydrogen (secondary N) is 2. The third kappa shape index (κ3) is 3.24. The lowest BCUT2D eigenvalue weighted by atomic mass is 10.2. The maximum atomic E-state index is 12.4. The van der Waals surface area contributed by atoms with Crippen LogP contribution in [0, 0.1) is 5.41 Å². The van der Waals surface area contributed by atoms with E-state index < -0.39 is 10.0 Å². The standard InChI is InChI=1S/C14H25N3O2S/c1-5-6-17-10-12(7-11(17)9-15-4)20(18,19)16-13-8-14(13,2)3/h7,10,13,15-16H,5-6,8-9H2,1-4H3. The van der Waals surface area contributed by atoms with E-state index in [4.69, 9.17) is 0 Å². The van der Waals surface area contributed by atoms with Gasteiger partial charge in [-0.1, -0.05) is 20.8 Å². The third-order valence-electron chi connectivity index (χ3n) is 3.90. The highest BCUT2D eigenvalue weighted by Gasteiger charge is 2.48. The number of aromatic nitrogens is 1. The Morgan fingerprint density at radius 3 is 2.60 bits per heavy atom. The van der Waals surface area contributed by atoms with Crippen molar-refractivity contribution >= 4 is 10.0 Å². The predicted molar refractivity (Wildman–Crippen MR) is 80.0 cm³/mol. The van der Waals surface area contributed by atoms with Gasteiger partial charge >= 0.3 is 0 Å². The van der Waals surface area contributed by atoms with E-state index in [1.165, 1.54) is 0 Å².